The van der Waals surface area contributed by atoms with Crippen LogP contribution in [0.25, 0.3) is 20.2 Å². The Bertz CT molecular complexity index is 833. The summed E-state index contributed by atoms with van der Waals surface area (Å²) >= 11 is 1.65. The van der Waals surface area contributed by atoms with E-state index < -0.39 is 0 Å². The van der Waals surface area contributed by atoms with Crippen molar-refractivity contribution >= 4 is 31.5 Å². The molecule has 0 N–H and O–H groups in total. The number of rotatable bonds is 3. The van der Waals surface area contributed by atoms with Gasteiger partial charge in [-0.15, -0.1) is 11.3 Å². The molecule has 1 aromatic heterocycles. The molecule has 0 saturated carbocycles. The Morgan fingerprint density at radius 1 is 1.10 bits per heavy atom. The Hall–Kier alpha value is -1.87. The zero-order valence-electron chi connectivity index (χ0n) is 11.6. The van der Waals surface area contributed by atoms with Crippen LogP contribution < -0.4 is 10.2 Å². The molecule has 0 aliphatic heterocycles. The molecule has 0 fully saturated rings. The first-order valence-corrected chi connectivity index (χ1v) is 7.67. The van der Waals surface area contributed by atoms with Crippen molar-refractivity contribution in [2.24, 2.45) is 0 Å². The maximum atomic E-state index is 12.7. The molecular formula is C17H16O2S. The molecule has 0 aliphatic rings. The molecule has 2 aromatic carbocycles. The van der Waals surface area contributed by atoms with Crippen LogP contribution in [0.4, 0.5) is 0 Å². The molecule has 2 nitrogen and oxygen atoms in total. The second kappa shape index (κ2) is 5.25. The molecule has 20 heavy (non-hydrogen) atoms. The van der Waals surface area contributed by atoms with Crippen LogP contribution in [0.2, 0.25) is 0 Å². The quantitative estimate of drug-likeness (QED) is 0.667. The van der Waals surface area contributed by atoms with Crippen LogP contribution >= 0.6 is 11.3 Å². The molecule has 0 spiro atoms. The van der Waals surface area contributed by atoms with Crippen molar-refractivity contribution in [3.8, 4) is 5.75 Å². The summed E-state index contributed by atoms with van der Waals surface area (Å²) in [6, 6.07) is 11.8. The Morgan fingerprint density at radius 3 is 2.70 bits per heavy atom. The fraction of sp³-hybridized carbons (Fsp3) is 0.235. The molecule has 3 aromatic rings. The fourth-order valence-corrected chi connectivity index (χ4v) is 3.65. The highest BCUT2D eigenvalue weighted by atomic mass is 32.1. The predicted octanol–water partition coefficient (Wildman–Crippen LogP) is 4.38. The number of hydrogen-bond acceptors (Lipinski definition) is 3. The zero-order valence-corrected chi connectivity index (χ0v) is 12.4. The molecule has 0 bridgehead atoms. The summed E-state index contributed by atoms with van der Waals surface area (Å²) in [5.74, 6) is 0.821. The van der Waals surface area contributed by atoms with Gasteiger partial charge in [-0.05, 0) is 43.2 Å². The van der Waals surface area contributed by atoms with Crippen molar-refractivity contribution in [3.05, 3.63) is 52.2 Å². The van der Waals surface area contributed by atoms with Crippen molar-refractivity contribution in [1.82, 2.24) is 0 Å². The van der Waals surface area contributed by atoms with Crippen molar-refractivity contribution in [3.63, 3.8) is 0 Å². The summed E-state index contributed by atoms with van der Waals surface area (Å²) < 4.78 is 7.55. The van der Waals surface area contributed by atoms with Gasteiger partial charge in [0.25, 0.3) is 0 Å². The molecule has 1 heterocycles. The van der Waals surface area contributed by atoms with Crippen LogP contribution in [0, 0.1) is 0 Å². The summed E-state index contributed by atoms with van der Waals surface area (Å²) in [5.41, 5.74) is 1.26. The van der Waals surface area contributed by atoms with E-state index in [1.165, 1.54) is 0 Å². The highest BCUT2D eigenvalue weighted by molar-refractivity contribution is 7.24. The summed E-state index contributed by atoms with van der Waals surface area (Å²) in [6.45, 7) is 4.68. The van der Waals surface area contributed by atoms with Gasteiger partial charge in [-0.1, -0.05) is 19.1 Å². The van der Waals surface area contributed by atoms with Crippen LogP contribution in [0.5, 0.6) is 5.75 Å². The van der Waals surface area contributed by atoms with E-state index in [0.29, 0.717) is 6.61 Å². The maximum Gasteiger partial charge on any atom is 0.196 e. The lowest BCUT2D eigenvalue weighted by molar-refractivity contribution is 0.341. The summed E-state index contributed by atoms with van der Waals surface area (Å²) in [4.78, 5) is 12.7. The molecule has 0 saturated heterocycles. The largest absolute Gasteiger partial charge is 0.494 e. The third-order valence-corrected chi connectivity index (χ3v) is 4.57. The standard InChI is InChI=1S/C17H16O2S/c1-3-11-6-5-7-14-16(11)17(18)13-9-8-12(19-4-2)10-15(13)20-14/h5-10H,3-4H2,1-2H3. The highest BCUT2D eigenvalue weighted by Crippen LogP contribution is 2.29. The minimum atomic E-state index is 0.134. The van der Waals surface area contributed by atoms with Crippen molar-refractivity contribution in [1.29, 1.82) is 0 Å². The van der Waals surface area contributed by atoms with E-state index >= 15 is 0 Å². The van der Waals surface area contributed by atoms with Gasteiger partial charge >= 0.3 is 0 Å². The third-order valence-electron chi connectivity index (χ3n) is 3.45. The van der Waals surface area contributed by atoms with Gasteiger partial charge in [0, 0.05) is 20.2 Å². The molecule has 0 unspecified atom stereocenters. The normalized spacial score (nSPS) is 11.1. The number of fused-ring (bicyclic) bond motifs is 2. The summed E-state index contributed by atoms with van der Waals surface area (Å²) in [6.07, 6.45) is 0.877. The van der Waals surface area contributed by atoms with E-state index in [1.54, 1.807) is 11.3 Å². The van der Waals surface area contributed by atoms with Crippen LogP contribution in [0.3, 0.4) is 0 Å². The first-order valence-electron chi connectivity index (χ1n) is 6.85. The number of aryl methyl sites for hydroxylation is 1. The van der Waals surface area contributed by atoms with E-state index in [2.05, 4.69) is 6.92 Å². The van der Waals surface area contributed by atoms with Crippen molar-refractivity contribution in [2.75, 3.05) is 6.61 Å². The first-order chi connectivity index (χ1) is 9.74. The third kappa shape index (κ3) is 2.08. The first kappa shape index (κ1) is 13.1. The smallest absolute Gasteiger partial charge is 0.196 e. The molecule has 0 radical (unpaired) electrons. The van der Waals surface area contributed by atoms with Gasteiger partial charge in [0.1, 0.15) is 5.75 Å². The van der Waals surface area contributed by atoms with E-state index in [0.717, 1.165) is 37.9 Å². The molecule has 3 heteroatoms. The molecule has 3 rings (SSSR count). The van der Waals surface area contributed by atoms with E-state index in [9.17, 15) is 4.79 Å². The number of hydrogen-bond donors (Lipinski definition) is 0. The topological polar surface area (TPSA) is 26.3 Å². The van der Waals surface area contributed by atoms with E-state index in [4.69, 9.17) is 4.74 Å². The Labute approximate surface area is 121 Å². The van der Waals surface area contributed by atoms with Crippen molar-refractivity contribution < 1.29 is 4.74 Å². The SMILES string of the molecule is CCOc1ccc2c(=O)c3c(CC)cccc3sc2c1. The monoisotopic (exact) mass is 284 g/mol. The maximum absolute atomic E-state index is 12.7. The molecular weight excluding hydrogens is 268 g/mol. The minimum absolute atomic E-state index is 0.134. The zero-order chi connectivity index (χ0) is 14.1. The molecule has 0 atom stereocenters. The van der Waals surface area contributed by atoms with Gasteiger partial charge in [-0.2, -0.15) is 0 Å². The lowest BCUT2D eigenvalue weighted by Gasteiger charge is -2.07. The predicted molar refractivity (Wildman–Crippen MR) is 86.1 cm³/mol. The average molecular weight is 284 g/mol. The van der Waals surface area contributed by atoms with Crippen LogP contribution in [0.1, 0.15) is 19.4 Å². The Morgan fingerprint density at radius 2 is 1.95 bits per heavy atom. The number of ether oxygens (including phenoxy) is 1. The minimum Gasteiger partial charge on any atom is -0.494 e. The average Bonchev–Trinajstić information content (AvgIpc) is 2.47. The van der Waals surface area contributed by atoms with Gasteiger partial charge in [0.15, 0.2) is 5.43 Å². The highest BCUT2D eigenvalue weighted by Gasteiger charge is 2.09. The van der Waals surface area contributed by atoms with E-state index in [1.807, 2.05) is 43.3 Å². The molecule has 0 amide bonds. The Balaban J connectivity index is 2.38. The van der Waals surface area contributed by atoms with Crippen LogP contribution in [-0.4, -0.2) is 6.61 Å². The van der Waals surface area contributed by atoms with Gasteiger partial charge in [0.05, 0.1) is 6.61 Å². The van der Waals surface area contributed by atoms with Crippen LogP contribution in [0.15, 0.2) is 41.2 Å². The van der Waals surface area contributed by atoms with E-state index in [-0.39, 0.29) is 5.43 Å². The Kier molecular flexibility index (Phi) is 3.45. The lowest BCUT2D eigenvalue weighted by atomic mass is 10.1. The summed E-state index contributed by atoms with van der Waals surface area (Å²) in [5, 5.41) is 1.66. The number of benzene rings is 2. The second-order valence-corrected chi connectivity index (χ2v) is 5.75. The van der Waals surface area contributed by atoms with Gasteiger partial charge in [-0.25, -0.2) is 0 Å². The van der Waals surface area contributed by atoms with Gasteiger partial charge in [-0.3, -0.25) is 4.79 Å². The van der Waals surface area contributed by atoms with Crippen LogP contribution in [-0.2, 0) is 6.42 Å². The van der Waals surface area contributed by atoms with Gasteiger partial charge in [0.2, 0.25) is 0 Å². The molecule has 102 valence electrons. The van der Waals surface area contributed by atoms with Crippen molar-refractivity contribution in [2.45, 2.75) is 20.3 Å². The lowest BCUT2D eigenvalue weighted by Crippen LogP contribution is -2.04. The fourth-order valence-electron chi connectivity index (χ4n) is 2.50. The summed E-state index contributed by atoms with van der Waals surface area (Å²) in [7, 11) is 0. The molecule has 0 aliphatic carbocycles. The second-order valence-electron chi connectivity index (χ2n) is 4.67. The van der Waals surface area contributed by atoms with Gasteiger partial charge < -0.3 is 4.74 Å².